The van der Waals surface area contributed by atoms with E-state index in [-0.39, 0.29) is 0 Å². The molecule has 0 aromatic rings. The first kappa shape index (κ1) is 7.92. The average molecular weight is 117 g/mol. The fraction of sp³-hybridized carbons (Fsp3) is 1.00. The maximum absolute atomic E-state index is 10.6. The van der Waals surface area contributed by atoms with Gasteiger partial charge >= 0.3 is 0 Å². The fourth-order valence-electron chi connectivity index (χ4n) is 0.683. The van der Waals surface area contributed by atoms with Gasteiger partial charge in [0.25, 0.3) is 0 Å². The van der Waals surface area contributed by atoms with Gasteiger partial charge in [0.1, 0.15) is 0 Å². The van der Waals surface area contributed by atoms with E-state index >= 15 is 0 Å². The van der Waals surface area contributed by atoms with Crippen LogP contribution in [0, 0.1) is 5.21 Å². The van der Waals surface area contributed by atoms with Crippen molar-refractivity contribution < 1.29 is 5.06 Å². The van der Waals surface area contributed by atoms with Gasteiger partial charge in [0.2, 0.25) is 0 Å². The van der Waals surface area contributed by atoms with Gasteiger partial charge in [0, 0.05) is 0 Å². The van der Waals surface area contributed by atoms with Crippen molar-refractivity contribution >= 4 is 0 Å². The van der Waals surface area contributed by atoms with Crippen LogP contribution in [0.5, 0.6) is 0 Å². The van der Waals surface area contributed by atoms with Crippen LogP contribution in [-0.2, 0) is 0 Å². The number of quaternary nitrogens is 1. The van der Waals surface area contributed by atoms with Crippen LogP contribution in [0.1, 0.15) is 26.7 Å². The Labute approximate surface area is 51.1 Å². The highest BCUT2D eigenvalue weighted by Crippen LogP contribution is 1.66. The van der Waals surface area contributed by atoms with Crippen LogP contribution in [0.2, 0.25) is 0 Å². The van der Waals surface area contributed by atoms with Crippen molar-refractivity contribution in [2.75, 3.05) is 13.1 Å². The molecule has 0 saturated heterocycles. The Morgan fingerprint density at radius 3 is 1.75 bits per heavy atom. The van der Waals surface area contributed by atoms with Gasteiger partial charge in [-0.1, -0.05) is 13.8 Å². The summed E-state index contributed by atoms with van der Waals surface area (Å²) in [5.41, 5.74) is 0. The summed E-state index contributed by atoms with van der Waals surface area (Å²) in [4.78, 5) is 0. The molecule has 0 rings (SSSR count). The number of hydrogen-bond donors (Lipinski definition) is 1. The molecule has 0 atom stereocenters. The molecule has 8 heavy (non-hydrogen) atoms. The first-order chi connectivity index (χ1) is 3.81. The largest absolute Gasteiger partial charge is 0.634 e. The van der Waals surface area contributed by atoms with Crippen molar-refractivity contribution in [2.45, 2.75) is 26.7 Å². The smallest absolute Gasteiger partial charge is 0.0765 e. The Bertz CT molecular complexity index is 41.8. The molecule has 2 nitrogen and oxygen atoms in total. The fourth-order valence-corrected chi connectivity index (χ4v) is 0.683. The highest BCUT2D eigenvalue weighted by molar-refractivity contribution is 4.25. The summed E-state index contributed by atoms with van der Waals surface area (Å²) in [6.07, 6.45) is 2.00. The van der Waals surface area contributed by atoms with E-state index < -0.39 is 0 Å². The summed E-state index contributed by atoms with van der Waals surface area (Å²) in [7, 11) is 0. The molecule has 0 aliphatic heterocycles. The van der Waals surface area contributed by atoms with Crippen LogP contribution in [0.3, 0.4) is 0 Å². The second-order valence-electron chi connectivity index (χ2n) is 2.04. The molecule has 0 aliphatic carbocycles. The SMILES string of the molecule is CCC[NH+]([O-])CCC. The van der Waals surface area contributed by atoms with E-state index in [0.717, 1.165) is 25.9 Å². The highest BCUT2D eigenvalue weighted by atomic mass is 16.5. The molecule has 2 heteroatoms. The van der Waals surface area contributed by atoms with E-state index in [9.17, 15) is 5.21 Å². The Morgan fingerprint density at radius 1 is 1.12 bits per heavy atom. The van der Waals surface area contributed by atoms with Gasteiger partial charge in [-0.25, -0.2) is 0 Å². The van der Waals surface area contributed by atoms with Crippen molar-refractivity contribution in [1.82, 2.24) is 0 Å². The number of hydrogen-bond acceptors (Lipinski definition) is 1. The van der Waals surface area contributed by atoms with Crippen molar-refractivity contribution in [3.8, 4) is 0 Å². The van der Waals surface area contributed by atoms with Crippen LogP contribution in [0.15, 0.2) is 0 Å². The molecule has 0 aliphatic rings. The molecule has 0 heterocycles. The third-order valence-electron chi connectivity index (χ3n) is 1.06. The lowest BCUT2D eigenvalue weighted by molar-refractivity contribution is -0.848. The van der Waals surface area contributed by atoms with Crippen LogP contribution in [0.25, 0.3) is 0 Å². The van der Waals surface area contributed by atoms with Crippen molar-refractivity contribution in [3.05, 3.63) is 5.21 Å². The van der Waals surface area contributed by atoms with Gasteiger partial charge < -0.3 is 10.3 Å². The third kappa shape index (κ3) is 4.09. The third-order valence-corrected chi connectivity index (χ3v) is 1.06. The van der Waals surface area contributed by atoms with Crippen LogP contribution >= 0.6 is 0 Å². The van der Waals surface area contributed by atoms with Gasteiger partial charge in [0.05, 0.1) is 13.1 Å². The van der Waals surface area contributed by atoms with Gasteiger partial charge in [-0.3, -0.25) is 0 Å². The predicted octanol–water partition coefficient (Wildman–Crippen LogP) is 0.189. The van der Waals surface area contributed by atoms with E-state index in [1.165, 1.54) is 0 Å². The Balaban J connectivity index is 2.92. The Hall–Kier alpha value is -0.0800. The summed E-state index contributed by atoms with van der Waals surface area (Å²) < 4.78 is 0. The zero-order chi connectivity index (χ0) is 6.41. The zero-order valence-corrected chi connectivity index (χ0v) is 5.74. The minimum absolute atomic E-state index is 0.412. The van der Waals surface area contributed by atoms with Crippen molar-refractivity contribution in [3.63, 3.8) is 0 Å². The van der Waals surface area contributed by atoms with E-state index in [1.54, 1.807) is 0 Å². The molecule has 50 valence electrons. The number of hydroxylamine groups is 2. The quantitative estimate of drug-likeness (QED) is 0.523. The van der Waals surface area contributed by atoms with E-state index in [1.807, 2.05) is 13.8 Å². The van der Waals surface area contributed by atoms with Crippen LogP contribution in [0.4, 0.5) is 0 Å². The van der Waals surface area contributed by atoms with Crippen molar-refractivity contribution in [1.29, 1.82) is 0 Å². The Morgan fingerprint density at radius 2 is 1.50 bits per heavy atom. The molecule has 0 radical (unpaired) electrons. The van der Waals surface area contributed by atoms with Gasteiger partial charge in [-0.05, 0) is 12.8 Å². The molecule has 0 bridgehead atoms. The second kappa shape index (κ2) is 5.06. The summed E-state index contributed by atoms with van der Waals surface area (Å²) in [5.74, 6) is 0. The molecule has 0 saturated carbocycles. The molecular weight excluding hydrogens is 102 g/mol. The maximum Gasteiger partial charge on any atom is 0.0765 e. The molecule has 0 amide bonds. The van der Waals surface area contributed by atoms with Crippen molar-refractivity contribution in [2.24, 2.45) is 0 Å². The van der Waals surface area contributed by atoms with Crippen LogP contribution < -0.4 is 5.06 Å². The molecular formula is C6H15NO. The summed E-state index contributed by atoms with van der Waals surface area (Å²) in [5, 5.41) is 11.1. The number of rotatable bonds is 4. The monoisotopic (exact) mass is 117 g/mol. The van der Waals surface area contributed by atoms with Gasteiger partial charge in [0.15, 0.2) is 0 Å². The molecule has 0 unspecified atom stereocenters. The van der Waals surface area contributed by atoms with E-state index in [0.29, 0.717) is 5.06 Å². The average Bonchev–Trinajstić information content (AvgIpc) is 1.68. The lowest BCUT2D eigenvalue weighted by atomic mass is 10.4. The lowest BCUT2D eigenvalue weighted by Crippen LogP contribution is -3.07. The predicted molar refractivity (Wildman–Crippen MR) is 34.6 cm³/mol. The zero-order valence-electron chi connectivity index (χ0n) is 5.74. The van der Waals surface area contributed by atoms with E-state index in [4.69, 9.17) is 0 Å². The topological polar surface area (TPSA) is 27.5 Å². The van der Waals surface area contributed by atoms with E-state index in [2.05, 4.69) is 0 Å². The normalized spacial score (nSPS) is 10.5. The first-order valence-electron chi connectivity index (χ1n) is 3.33. The summed E-state index contributed by atoms with van der Waals surface area (Å²) in [6.45, 7) is 5.61. The molecule has 1 N–H and O–H groups in total. The molecule has 0 spiro atoms. The first-order valence-corrected chi connectivity index (χ1v) is 3.33. The molecule has 0 fully saturated rings. The highest BCUT2D eigenvalue weighted by Gasteiger charge is 1.89. The van der Waals surface area contributed by atoms with Crippen LogP contribution in [-0.4, -0.2) is 13.1 Å². The maximum atomic E-state index is 10.6. The Kier molecular flexibility index (Phi) is 5.01. The summed E-state index contributed by atoms with van der Waals surface area (Å²) >= 11 is 0. The number of nitrogens with one attached hydrogen (secondary N) is 1. The second-order valence-corrected chi connectivity index (χ2v) is 2.04. The minimum Gasteiger partial charge on any atom is -0.634 e. The molecule has 0 aromatic carbocycles. The summed E-state index contributed by atoms with van der Waals surface area (Å²) in [6, 6.07) is 0. The standard InChI is InChI=1S/C6H15NO/c1-3-5-7(8)6-4-2/h7H,3-6H2,1-2H3. The minimum atomic E-state index is 0.412. The van der Waals surface area contributed by atoms with Gasteiger partial charge in [-0.15, -0.1) is 0 Å². The molecule has 0 aromatic heterocycles. The lowest BCUT2D eigenvalue weighted by Gasteiger charge is -2.20. The van der Waals surface area contributed by atoms with Gasteiger partial charge in [-0.2, -0.15) is 0 Å².